The highest BCUT2D eigenvalue weighted by Crippen LogP contribution is 2.23. The molecule has 88 valence electrons. The molecule has 5 nitrogen and oxygen atoms in total. The number of nitrogens with zero attached hydrogens (tertiary/aromatic N) is 1. The van der Waals surface area contributed by atoms with Crippen molar-refractivity contribution in [3.05, 3.63) is 40.6 Å². The highest BCUT2D eigenvalue weighted by Gasteiger charge is 2.11. The largest absolute Gasteiger partial charge is 0.497 e. The molecule has 6 heteroatoms. The molecule has 0 fully saturated rings. The fraction of sp³-hybridized carbons (Fsp3) is 0.0909. The van der Waals surface area contributed by atoms with Crippen LogP contribution in [0.2, 0.25) is 0 Å². The van der Waals surface area contributed by atoms with Crippen LogP contribution in [0.3, 0.4) is 0 Å². The van der Waals surface area contributed by atoms with Crippen molar-refractivity contribution in [3.8, 4) is 5.75 Å². The van der Waals surface area contributed by atoms with E-state index in [0.29, 0.717) is 21.5 Å². The number of amides is 1. The normalized spacial score (nSPS) is 10.0. The van der Waals surface area contributed by atoms with E-state index in [4.69, 9.17) is 4.74 Å². The minimum atomic E-state index is -0.225. The Morgan fingerprint density at radius 2 is 2.35 bits per heavy atom. The first-order valence-corrected chi connectivity index (χ1v) is 5.63. The number of carbonyl (C=O) groups is 1. The molecule has 0 atom stereocenters. The second-order valence-corrected chi connectivity index (χ2v) is 4.14. The summed E-state index contributed by atoms with van der Waals surface area (Å²) in [5.74, 6) is 0.405. The number of hydrogen-bond donors (Lipinski definition) is 2. The number of aromatic nitrogens is 2. The molecule has 1 amide bonds. The van der Waals surface area contributed by atoms with Crippen LogP contribution in [-0.4, -0.2) is 23.2 Å². The van der Waals surface area contributed by atoms with Crippen LogP contribution in [0.5, 0.6) is 5.75 Å². The van der Waals surface area contributed by atoms with Crippen LogP contribution in [0.1, 0.15) is 10.4 Å². The fourth-order valence-corrected chi connectivity index (χ4v) is 1.75. The Kier molecular flexibility index (Phi) is 3.43. The molecule has 0 radical (unpaired) electrons. The molecule has 2 aromatic rings. The minimum Gasteiger partial charge on any atom is -0.497 e. The molecule has 0 aliphatic rings. The second-order valence-electron chi connectivity index (χ2n) is 3.29. The lowest BCUT2D eigenvalue weighted by molar-refractivity contribution is 0.102. The number of ether oxygens (including phenoxy) is 1. The molecule has 0 aliphatic carbocycles. The summed E-state index contributed by atoms with van der Waals surface area (Å²) in [5.41, 5.74) is 1.12. The lowest BCUT2D eigenvalue weighted by Gasteiger charge is -2.07. The van der Waals surface area contributed by atoms with Gasteiger partial charge < -0.3 is 10.1 Å². The Labute approximate surface area is 106 Å². The van der Waals surface area contributed by atoms with Crippen LogP contribution >= 0.6 is 15.9 Å². The van der Waals surface area contributed by atoms with Gasteiger partial charge in [0.25, 0.3) is 5.91 Å². The van der Waals surface area contributed by atoms with Crippen molar-refractivity contribution < 1.29 is 9.53 Å². The molecular formula is C11H10BrN3O2. The Balaban J connectivity index is 2.24. The summed E-state index contributed by atoms with van der Waals surface area (Å²) in [6, 6.07) is 5.21. The molecule has 1 heterocycles. The van der Waals surface area contributed by atoms with Crippen LogP contribution in [-0.2, 0) is 0 Å². The topological polar surface area (TPSA) is 67.0 Å². The maximum atomic E-state index is 12.0. The minimum absolute atomic E-state index is 0.225. The van der Waals surface area contributed by atoms with E-state index >= 15 is 0 Å². The number of rotatable bonds is 3. The number of halogens is 1. The van der Waals surface area contributed by atoms with Gasteiger partial charge in [-0.3, -0.25) is 9.89 Å². The van der Waals surface area contributed by atoms with E-state index in [1.165, 1.54) is 6.20 Å². The average molecular weight is 296 g/mol. The van der Waals surface area contributed by atoms with E-state index in [2.05, 4.69) is 31.4 Å². The van der Waals surface area contributed by atoms with Gasteiger partial charge in [0, 0.05) is 10.7 Å². The van der Waals surface area contributed by atoms with Gasteiger partial charge in [-0.2, -0.15) is 5.10 Å². The van der Waals surface area contributed by atoms with Gasteiger partial charge >= 0.3 is 0 Å². The number of anilines is 1. The van der Waals surface area contributed by atoms with E-state index in [1.54, 1.807) is 31.5 Å². The molecule has 0 unspecified atom stereocenters. The number of H-pyrrole nitrogens is 1. The molecule has 17 heavy (non-hydrogen) atoms. The lowest BCUT2D eigenvalue weighted by Crippen LogP contribution is -2.12. The van der Waals surface area contributed by atoms with Gasteiger partial charge in [-0.05, 0) is 34.1 Å². The monoisotopic (exact) mass is 295 g/mol. The van der Waals surface area contributed by atoms with Gasteiger partial charge in [0.15, 0.2) is 0 Å². The zero-order chi connectivity index (χ0) is 12.3. The third-order valence-corrected chi connectivity index (χ3v) is 2.87. The van der Waals surface area contributed by atoms with Crippen LogP contribution in [0.25, 0.3) is 0 Å². The third kappa shape index (κ3) is 2.65. The van der Waals surface area contributed by atoms with Gasteiger partial charge in [0.1, 0.15) is 5.75 Å². The van der Waals surface area contributed by atoms with Gasteiger partial charge in [0.2, 0.25) is 0 Å². The van der Waals surface area contributed by atoms with E-state index in [1.807, 2.05) is 0 Å². The third-order valence-electron chi connectivity index (χ3n) is 2.17. The van der Waals surface area contributed by atoms with Crippen LogP contribution < -0.4 is 10.1 Å². The molecule has 0 saturated heterocycles. The number of nitrogens with one attached hydrogen (secondary N) is 2. The van der Waals surface area contributed by atoms with Crippen LogP contribution in [0.15, 0.2) is 35.1 Å². The van der Waals surface area contributed by atoms with Crippen molar-refractivity contribution in [1.82, 2.24) is 10.2 Å². The fourth-order valence-electron chi connectivity index (χ4n) is 1.32. The smallest absolute Gasteiger partial charge is 0.257 e. The Morgan fingerprint density at radius 1 is 1.53 bits per heavy atom. The molecule has 0 saturated carbocycles. The van der Waals surface area contributed by atoms with E-state index in [9.17, 15) is 4.79 Å². The summed E-state index contributed by atoms with van der Waals surface area (Å²) in [6.07, 6.45) is 3.14. The van der Waals surface area contributed by atoms with Gasteiger partial charge in [-0.15, -0.1) is 0 Å². The molecule has 1 aromatic carbocycles. The number of carbonyl (C=O) groups excluding carboxylic acids is 1. The SMILES string of the molecule is COc1ccc(Br)c(C(=O)Nc2cn[nH]c2)c1. The van der Waals surface area contributed by atoms with E-state index in [0.717, 1.165) is 0 Å². The van der Waals surface area contributed by atoms with E-state index in [-0.39, 0.29) is 5.91 Å². The number of hydrogen-bond acceptors (Lipinski definition) is 3. The van der Waals surface area contributed by atoms with Crippen molar-refractivity contribution in [3.63, 3.8) is 0 Å². The molecular weight excluding hydrogens is 286 g/mol. The van der Waals surface area contributed by atoms with Crippen molar-refractivity contribution in [2.45, 2.75) is 0 Å². The van der Waals surface area contributed by atoms with Crippen molar-refractivity contribution in [2.75, 3.05) is 12.4 Å². The first-order valence-electron chi connectivity index (χ1n) is 4.84. The summed E-state index contributed by atoms with van der Waals surface area (Å²) in [6.45, 7) is 0. The van der Waals surface area contributed by atoms with Gasteiger partial charge in [0.05, 0.1) is 24.6 Å². The maximum absolute atomic E-state index is 12.0. The van der Waals surface area contributed by atoms with Crippen LogP contribution in [0, 0.1) is 0 Å². The van der Waals surface area contributed by atoms with E-state index < -0.39 is 0 Å². The molecule has 0 bridgehead atoms. The summed E-state index contributed by atoms with van der Waals surface area (Å²) in [4.78, 5) is 12.0. The predicted octanol–water partition coefficient (Wildman–Crippen LogP) is 2.43. The number of benzene rings is 1. The molecule has 1 aromatic heterocycles. The van der Waals surface area contributed by atoms with Crippen molar-refractivity contribution >= 4 is 27.5 Å². The summed E-state index contributed by atoms with van der Waals surface area (Å²) in [7, 11) is 1.56. The lowest BCUT2D eigenvalue weighted by atomic mass is 10.2. The van der Waals surface area contributed by atoms with Crippen LogP contribution in [0.4, 0.5) is 5.69 Å². The molecule has 0 spiro atoms. The Hall–Kier alpha value is -1.82. The first kappa shape index (κ1) is 11.7. The van der Waals surface area contributed by atoms with Gasteiger partial charge in [-0.25, -0.2) is 0 Å². The summed E-state index contributed by atoms with van der Waals surface area (Å²) >= 11 is 3.32. The average Bonchev–Trinajstić information content (AvgIpc) is 2.82. The summed E-state index contributed by atoms with van der Waals surface area (Å²) < 4.78 is 5.78. The quantitative estimate of drug-likeness (QED) is 0.914. The summed E-state index contributed by atoms with van der Waals surface area (Å²) in [5, 5.41) is 9.08. The van der Waals surface area contributed by atoms with Gasteiger partial charge in [-0.1, -0.05) is 0 Å². The first-order chi connectivity index (χ1) is 8.20. The van der Waals surface area contributed by atoms with Crippen molar-refractivity contribution in [2.24, 2.45) is 0 Å². The highest BCUT2D eigenvalue weighted by molar-refractivity contribution is 9.10. The highest BCUT2D eigenvalue weighted by atomic mass is 79.9. The zero-order valence-corrected chi connectivity index (χ0v) is 10.6. The number of aromatic amines is 1. The molecule has 2 N–H and O–H groups in total. The Bertz CT molecular complexity index is 526. The van der Waals surface area contributed by atoms with Crippen molar-refractivity contribution in [1.29, 1.82) is 0 Å². The standard InChI is InChI=1S/C11H10BrN3O2/c1-17-8-2-3-10(12)9(4-8)11(16)15-7-5-13-14-6-7/h2-6H,1H3,(H,13,14)(H,15,16). The molecule has 2 rings (SSSR count). The number of methoxy groups -OCH3 is 1. The molecule has 0 aliphatic heterocycles. The second kappa shape index (κ2) is 5.01. The predicted molar refractivity (Wildman–Crippen MR) is 67.2 cm³/mol. The maximum Gasteiger partial charge on any atom is 0.257 e. The Morgan fingerprint density at radius 3 is 3.00 bits per heavy atom. The zero-order valence-electron chi connectivity index (χ0n) is 9.03.